The van der Waals surface area contributed by atoms with Gasteiger partial charge < -0.3 is 0 Å². The van der Waals surface area contributed by atoms with E-state index in [-0.39, 0.29) is 5.41 Å². The predicted octanol–water partition coefficient (Wildman–Crippen LogP) is 12.9. The fourth-order valence-electron chi connectivity index (χ4n) is 7.56. The van der Waals surface area contributed by atoms with Crippen LogP contribution in [0.4, 0.5) is 0 Å². The van der Waals surface area contributed by atoms with Crippen LogP contribution in [0.1, 0.15) is 126 Å². The third-order valence-corrected chi connectivity index (χ3v) is 9.88. The molecule has 0 aliphatic heterocycles. The zero-order valence-corrected chi connectivity index (χ0v) is 26.3. The average molecular weight is 545 g/mol. The Morgan fingerprint density at radius 3 is 1.68 bits per heavy atom. The van der Waals surface area contributed by atoms with Crippen molar-refractivity contribution in [3.05, 3.63) is 95.1 Å². The molecule has 4 aromatic carbocycles. The lowest BCUT2D eigenvalue weighted by atomic mass is 9.70. The number of unbranched alkanes of at least 4 members (excludes halogenated alkanes) is 10. The molecule has 0 nitrogen and oxygen atoms in total. The minimum absolute atomic E-state index is 0.128. The van der Waals surface area contributed by atoms with Crippen LogP contribution in [0.15, 0.2) is 72.8 Å². The maximum absolute atomic E-state index is 2.61. The third-order valence-electron chi connectivity index (χ3n) is 9.88. The molecule has 0 saturated carbocycles. The predicted molar refractivity (Wildman–Crippen MR) is 181 cm³/mol. The van der Waals surface area contributed by atoms with Crippen molar-refractivity contribution in [2.75, 3.05) is 0 Å². The summed E-state index contributed by atoms with van der Waals surface area (Å²) in [6.07, 6.45) is 18.8. The summed E-state index contributed by atoms with van der Waals surface area (Å²) in [5.74, 6) is 0. The summed E-state index contributed by atoms with van der Waals surface area (Å²) in [4.78, 5) is 0. The van der Waals surface area contributed by atoms with Crippen molar-refractivity contribution in [2.45, 2.75) is 123 Å². The van der Waals surface area contributed by atoms with Crippen LogP contribution in [0.5, 0.6) is 0 Å². The summed E-state index contributed by atoms with van der Waals surface area (Å²) in [6.45, 7) is 9.16. The van der Waals surface area contributed by atoms with E-state index >= 15 is 0 Å². The van der Waals surface area contributed by atoms with Crippen LogP contribution < -0.4 is 0 Å². The third kappa shape index (κ3) is 6.33. The van der Waals surface area contributed by atoms with Gasteiger partial charge in [0.2, 0.25) is 0 Å². The summed E-state index contributed by atoms with van der Waals surface area (Å²) >= 11 is 0. The summed E-state index contributed by atoms with van der Waals surface area (Å²) in [5.41, 5.74) is 11.8. The number of rotatable bonds is 15. The van der Waals surface area contributed by atoms with E-state index in [1.54, 1.807) is 11.1 Å². The van der Waals surface area contributed by atoms with E-state index in [1.165, 1.54) is 134 Å². The largest absolute Gasteiger partial charge is 0.0654 e. The highest BCUT2D eigenvalue weighted by atomic mass is 14.4. The Morgan fingerprint density at radius 2 is 1.02 bits per heavy atom. The molecule has 216 valence electrons. The van der Waals surface area contributed by atoms with Gasteiger partial charge in [0.05, 0.1) is 0 Å². The number of fused-ring (bicyclic) bond motifs is 4. The highest BCUT2D eigenvalue weighted by Crippen LogP contribution is 2.55. The van der Waals surface area contributed by atoms with Crippen molar-refractivity contribution in [1.82, 2.24) is 0 Å². The molecular formula is C41H52. The Labute approximate surface area is 250 Å². The minimum atomic E-state index is 0.128. The fourth-order valence-corrected chi connectivity index (χ4v) is 7.56. The molecular weight excluding hydrogens is 492 g/mol. The molecule has 4 aromatic rings. The van der Waals surface area contributed by atoms with Gasteiger partial charge in [-0.05, 0) is 82.5 Å². The summed E-state index contributed by atoms with van der Waals surface area (Å²) in [6, 6.07) is 28.4. The van der Waals surface area contributed by atoms with Crippen molar-refractivity contribution in [2.24, 2.45) is 0 Å². The molecule has 0 heteroatoms. The van der Waals surface area contributed by atoms with Gasteiger partial charge >= 0.3 is 0 Å². The highest BCUT2D eigenvalue weighted by molar-refractivity contribution is 5.99. The summed E-state index contributed by atoms with van der Waals surface area (Å²) in [5, 5.41) is 2.74. The van der Waals surface area contributed by atoms with Crippen LogP contribution >= 0.6 is 0 Å². The molecule has 5 rings (SSSR count). The molecule has 0 bridgehead atoms. The molecule has 0 amide bonds. The number of hydrogen-bond donors (Lipinski definition) is 0. The molecule has 0 radical (unpaired) electrons. The molecule has 0 heterocycles. The van der Waals surface area contributed by atoms with Crippen LogP contribution in [0, 0.1) is 13.8 Å². The normalized spacial score (nSPS) is 13.5. The van der Waals surface area contributed by atoms with E-state index in [9.17, 15) is 0 Å². The maximum atomic E-state index is 2.61. The molecule has 41 heavy (non-hydrogen) atoms. The topological polar surface area (TPSA) is 0 Å². The first kappa shape index (κ1) is 29.6. The molecule has 0 N–H and O–H groups in total. The van der Waals surface area contributed by atoms with Crippen molar-refractivity contribution >= 4 is 10.8 Å². The maximum Gasteiger partial charge on any atom is 0.0215 e. The Kier molecular flexibility index (Phi) is 10.0. The van der Waals surface area contributed by atoms with Gasteiger partial charge in [-0.2, -0.15) is 0 Å². The van der Waals surface area contributed by atoms with Crippen LogP contribution in [-0.2, 0) is 5.41 Å². The molecule has 0 aromatic heterocycles. The average Bonchev–Trinajstić information content (AvgIpc) is 3.25. The summed E-state index contributed by atoms with van der Waals surface area (Å²) < 4.78 is 0. The van der Waals surface area contributed by atoms with Gasteiger partial charge in [0, 0.05) is 5.41 Å². The Balaban J connectivity index is 1.56. The van der Waals surface area contributed by atoms with Crippen molar-refractivity contribution in [3.8, 4) is 22.3 Å². The molecule has 1 aliphatic rings. The number of aryl methyl sites for hydroxylation is 2. The summed E-state index contributed by atoms with van der Waals surface area (Å²) in [7, 11) is 0. The first-order valence-corrected chi connectivity index (χ1v) is 16.8. The van der Waals surface area contributed by atoms with Gasteiger partial charge in [-0.15, -0.1) is 0 Å². The standard InChI is InChI=1S/C41H52/c1-5-7-9-11-13-17-27-41(28-18-14-12-10-8-6-2)39-29-31(3)21-24-37(39)38-26-23-33(30-40(38)41)35-25-22-32(4)34-19-15-16-20-36(34)35/h15-16,19-26,29-30H,5-14,17-18,27-28H2,1-4H3. The van der Waals surface area contributed by atoms with Gasteiger partial charge in [0.25, 0.3) is 0 Å². The number of hydrogen-bond acceptors (Lipinski definition) is 0. The second-order valence-electron chi connectivity index (χ2n) is 12.9. The minimum Gasteiger partial charge on any atom is -0.0654 e. The fraction of sp³-hybridized carbons (Fsp3) is 0.463. The van der Waals surface area contributed by atoms with Crippen molar-refractivity contribution < 1.29 is 0 Å². The molecule has 0 spiro atoms. The van der Waals surface area contributed by atoms with Crippen LogP contribution in [0.3, 0.4) is 0 Å². The van der Waals surface area contributed by atoms with Crippen LogP contribution in [0.25, 0.3) is 33.0 Å². The van der Waals surface area contributed by atoms with Gasteiger partial charge in [-0.1, -0.05) is 163 Å². The lowest BCUT2D eigenvalue weighted by Crippen LogP contribution is -2.25. The molecule has 0 atom stereocenters. The van der Waals surface area contributed by atoms with Crippen molar-refractivity contribution in [3.63, 3.8) is 0 Å². The zero-order chi connectivity index (χ0) is 28.7. The Hall–Kier alpha value is -2.86. The van der Waals surface area contributed by atoms with Crippen molar-refractivity contribution in [1.29, 1.82) is 0 Å². The monoisotopic (exact) mass is 544 g/mol. The van der Waals surface area contributed by atoms with Crippen LogP contribution in [0.2, 0.25) is 0 Å². The number of benzene rings is 4. The molecule has 0 fully saturated rings. The van der Waals surface area contributed by atoms with E-state index in [1.807, 2.05) is 0 Å². The van der Waals surface area contributed by atoms with E-state index in [4.69, 9.17) is 0 Å². The first-order chi connectivity index (χ1) is 20.1. The SMILES string of the molecule is CCCCCCCCC1(CCCCCCCC)c2cc(C)ccc2-c2ccc(-c3ccc(C)c4ccccc34)cc21. The second-order valence-corrected chi connectivity index (χ2v) is 12.9. The van der Waals surface area contributed by atoms with Gasteiger partial charge in [-0.3, -0.25) is 0 Å². The zero-order valence-electron chi connectivity index (χ0n) is 26.3. The Bertz CT molecular complexity index is 1420. The van der Waals surface area contributed by atoms with Crippen LogP contribution in [-0.4, -0.2) is 0 Å². The van der Waals surface area contributed by atoms with Gasteiger partial charge in [0.1, 0.15) is 0 Å². The lowest BCUT2D eigenvalue weighted by Gasteiger charge is -2.33. The Morgan fingerprint density at radius 1 is 0.488 bits per heavy atom. The van der Waals surface area contributed by atoms with E-state index in [0.717, 1.165) is 0 Å². The molecule has 1 aliphatic carbocycles. The van der Waals surface area contributed by atoms with E-state index < -0.39 is 0 Å². The molecule has 0 unspecified atom stereocenters. The molecule has 0 saturated heterocycles. The highest BCUT2D eigenvalue weighted by Gasteiger charge is 2.42. The van der Waals surface area contributed by atoms with Gasteiger partial charge in [-0.25, -0.2) is 0 Å². The first-order valence-electron chi connectivity index (χ1n) is 16.8. The van der Waals surface area contributed by atoms with Gasteiger partial charge in [0.15, 0.2) is 0 Å². The smallest absolute Gasteiger partial charge is 0.0215 e. The van der Waals surface area contributed by atoms with E-state index in [2.05, 4.69) is 100 Å². The van der Waals surface area contributed by atoms with E-state index in [0.29, 0.717) is 0 Å². The second kappa shape index (κ2) is 13.9. The lowest BCUT2D eigenvalue weighted by molar-refractivity contribution is 0.398. The quantitative estimate of drug-likeness (QED) is 0.131.